The van der Waals surface area contributed by atoms with Crippen molar-refractivity contribution >= 4 is 16.8 Å². The van der Waals surface area contributed by atoms with Gasteiger partial charge in [-0.05, 0) is 0 Å². The maximum Gasteiger partial charge on any atom is 0.417 e. The van der Waals surface area contributed by atoms with E-state index in [-0.39, 0.29) is 11.1 Å². The van der Waals surface area contributed by atoms with Crippen LogP contribution in [0.25, 0.3) is 11.1 Å². The topological polar surface area (TPSA) is 89.1 Å². The summed E-state index contributed by atoms with van der Waals surface area (Å²) < 4.78 is 17.5. The first kappa shape index (κ1) is 8.42. The molecule has 1 heterocycles. The molecule has 0 amide bonds. The number of hydrogen-bond acceptors (Lipinski definition) is 4. The molecule has 0 bridgehead atoms. The molecule has 1 aromatic carbocycles. The normalized spacial score (nSPS) is 10.6. The Labute approximate surface area is 75.1 Å². The Morgan fingerprint density at radius 2 is 2.21 bits per heavy atom. The number of nitrogens with one attached hydrogen (secondary N) is 1. The van der Waals surface area contributed by atoms with Gasteiger partial charge in [-0.25, -0.2) is 4.79 Å². The molecule has 2 rings (SSSR count). The molecular formula is C7H3FN2O4. The Hall–Kier alpha value is -2.18. The molecule has 6 nitrogen and oxygen atoms in total. The fraction of sp³-hybridized carbons (Fsp3) is 0. The highest BCUT2D eigenvalue weighted by Gasteiger charge is 2.17. The second-order valence-corrected chi connectivity index (χ2v) is 2.57. The first-order valence-corrected chi connectivity index (χ1v) is 3.54. The van der Waals surface area contributed by atoms with Crippen LogP contribution in [0.1, 0.15) is 0 Å². The molecule has 1 aromatic heterocycles. The molecule has 0 fully saturated rings. The number of aromatic amines is 1. The number of nitro benzene ring substituents is 1. The van der Waals surface area contributed by atoms with Crippen molar-refractivity contribution in [3.63, 3.8) is 0 Å². The summed E-state index contributed by atoms with van der Waals surface area (Å²) in [5, 5.41) is 10.3. The summed E-state index contributed by atoms with van der Waals surface area (Å²) >= 11 is 0. The third-order valence-corrected chi connectivity index (χ3v) is 1.69. The quantitative estimate of drug-likeness (QED) is 0.550. The van der Waals surface area contributed by atoms with Crippen molar-refractivity contribution in [1.82, 2.24) is 4.98 Å². The van der Waals surface area contributed by atoms with Crippen molar-refractivity contribution in [2.75, 3.05) is 0 Å². The fourth-order valence-corrected chi connectivity index (χ4v) is 1.10. The van der Waals surface area contributed by atoms with E-state index >= 15 is 0 Å². The van der Waals surface area contributed by atoms with Gasteiger partial charge in [0.1, 0.15) is 0 Å². The number of H-pyrrole nitrogens is 1. The predicted molar refractivity (Wildman–Crippen MR) is 43.4 cm³/mol. The van der Waals surface area contributed by atoms with Crippen LogP contribution in [0, 0.1) is 15.9 Å². The van der Waals surface area contributed by atoms with E-state index in [1.54, 1.807) is 0 Å². The van der Waals surface area contributed by atoms with E-state index in [0.29, 0.717) is 0 Å². The molecule has 0 radical (unpaired) electrons. The number of halogens is 1. The van der Waals surface area contributed by atoms with Gasteiger partial charge in [-0.1, -0.05) is 0 Å². The molecule has 0 unspecified atom stereocenters. The third kappa shape index (κ3) is 1.15. The Bertz CT molecular complexity index is 571. The van der Waals surface area contributed by atoms with Crippen molar-refractivity contribution in [1.29, 1.82) is 0 Å². The number of nitrogens with zero attached hydrogens (tertiary/aromatic N) is 1. The van der Waals surface area contributed by atoms with Crippen LogP contribution in [0.4, 0.5) is 10.1 Å². The molecule has 72 valence electrons. The van der Waals surface area contributed by atoms with Gasteiger partial charge in [-0.3, -0.25) is 15.1 Å². The summed E-state index contributed by atoms with van der Waals surface area (Å²) in [5.74, 6) is -1.79. The highest BCUT2D eigenvalue weighted by molar-refractivity contribution is 5.75. The monoisotopic (exact) mass is 198 g/mol. The Kier molecular flexibility index (Phi) is 1.60. The van der Waals surface area contributed by atoms with Gasteiger partial charge in [0.15, 0.2) is 5.58 Å². The highest BCUT2D eigenvalue weighted by Crippen LogP contribution is 2.22. The lowest BCUT2D eigenvalue weighted by Crippen LogP contribution is -1.93. The minimum Gasteiger partial charge on any atom is -0.408 e. The molecular weight excluding hydrogens is 195 g/mol. The SMILES string of the molecule is O=c1[nH]c2cc(F)c([N+](=O)[O-])cc2o1. The molecule has 0 saturated heterocycles. The molecule has 1 N–H and O–H groups in total. The molecule has 14 heavy (non-hydrogen) atoms. The smallest absolute Gasteiger partial charge is 0.408 e. The van der Waals surface area contributed by atoms with Crippen LogP contribution in [-0.2, 0) is 0 Å². The Morgan fingerprint density at radius 3 is 2.86 bits per heavy atom. The summed E-state index contributed by atoms with van der Waals surface area (Å²) in [4.78, 5) is 22.3. The average molecular weight is 198 g/mol. The summed E-state index contributed by atoms with van der Waals surface area (Å²) in [6, 6.07) is 1.71. The van der Waals surface area contributed by atoms with Crippen LogP contribution in [0.5, 0.6) is 0 Å². The zero-order valence-electron chi connectivity index (χ0n) is 6.61. The summed E-state index contributed by atoms with van der Waals surface area (Å²) in [6.07, 6.45) is 0. The molecule has 7 heteroatoms. The van der Waals surface area contributed by atoms with Crippen molar-refractivity contribution < 1.29 is 13.7 Å². The van der Waals surface area contributed by atoms with Gasteiger partial charge in [0, 0.05) is 6.07 Å². The van der Waals surface area contributed by atoms with E-state index in [1.807, 2.05) is 0 Å². The second kappa shape index (κ2) is 2.66. The molecule has 0 aliphatic rings. The van der Waals surface area contributed by atoms with Gasteiger partial charge in [0.2, 0.25) is 5.82 Å². The Balaban J connectivity index is 2.82. The minimum absolute atomic E-state index is 0.0388. The zero-order chi connectivity index (χ0) is 10.3. The lowest BCUT2D eigenvalue weighted by atomic mass is 10.3. The maximum absolute atomic E-state index is 13.0. The molecule has 0 saturated carbocycles. The molecule has 0 aliphatic carbocycles. The number of rotatable bonds is 1. The number of aromatic nitrogens is 1. The third-order valence-electron chi connectivity index (χ3n) is 1.69. The van der Waals surface area contributed by atoms with Crippen LogP contribution in [0.3, 0.4) is 0 Å². The minimum atomic E-state index is -1.01. The van der Waals surface area contributed by atoms with Gasteiger partial charge in [0.05, 0.1) is 16.5 Å². The summed E-state index contributed by atoms with van der Waals surface area (Å²) in [7, 11) is 0. The number of hydrogen-bond donors (Lipinski definition) is 1. The van der Waals surface area contributed by atoms with E-state index in [2.05, 4.69) is 9.40 Å². The van der Waals surface area contributed by atoms with Crippen molar-refractivity contribution in [2.45, 2.75) is 0 Å². The predicted octanol–water partition coefficient (Wildman–Crippen LogP) is 1.17. The number of oxazole rings is 1. The lowest BCUT2D eigenvalue weighted by Gasteiger charge is -1.92. The maximum atomic E-state index is 13.0. The first-order valence-electron chi connectivity index (χ1n) is 3.54. The largest absolute Gasteiger partial charge is 0.417 e. The van der Waals surface area contributed by atoms with E-state index in [0.717, 1.165) is 12.1 Å². The average Bonchev–Trinajstić information content (AvgIpc) is 2.42. The van der Waals surface area contributed by atoms with Gasteiger partial charge in [0.25, 0.3) is 0 Å². The highest BCUT2D eigenvalue weighted by atomic mass is 19.1. The van der Waals surface area contributed by atoms with E-state index in [9.17, 15) is 19.3 Å². The van der Waals surface area contributed by atoms with Crippen LogP contribution in [-0.4, -0.2) is 9.91 Å². The molecule has 2 aromatic rings. The van der Waals surface area contributed by atoms with Crippen LogP contribution in [0.2, 0.25) is 0 Å². The zero-order valence-corrected chi connectivity index (χ0v) is 6.61. The molecule has 0 spiro atoms. The molecule has 0 atom stereocenters. The van der Waals surface area contributed by atoms with Crippen LogP contribution in [0.15, 0.2) is 21.3 Å². The number of nitro groups is 1. The van der Waals surface area contributed by atoms with Crippen molar-refractivity contribution in [2.24, 2.45) is 0 Å². The molecule has 0 aliphatic heterocycles. The summed E-state index contributed by atoms with van der Waals surface area (Å²) in [5.41, 5.74) is -0.665. The van der Waals surface area contributed by atoms with Gasteiger partial charge in [-0.2, -0.15) is 4.39 Å². The summed E-state index contributed by atoms with van der Waals surface area (Å²) in [6.45, 7) is 0. The number of fused-ring (bicyclic) bond motifs is 1. The van der Waals surface area contributed by atoms with Gasteiger partial charge < -0.3 is 4.42 Å². The lowest BCUT2D eigenvalue weighted by molar-refractivity contribution is -0.387. The van der Waals surface area contributed by atoms with E-state index < -0.39 is 22.2 Å². The van der Waals surface area contributed by atoms with Gasteiger partial charge in [-0.15, -0.1) is 0 Å². The van der Waals surface area contributed by atoms with Crippen LogP contribution < -0.4 is 5.76 Å². The second-order valence-electron chi connectivity index (χ2n) is 2.57. The fourth-order valence-electron chi connectivity index (χ4n) is 1.10. The van der Waals surface area contributed by atoms with Crippen molar-refractivity contribution in [3.05, 3.63) is 38.6 Å². The Morgan fingerprint density at radius 1 is 1.50 bits per heavy atom. The number of benzene rings is 1. The van der Waals surface area contributed by atoms with Crippen LogP contribution >= 0.6 is 0 Å². The first-order chi connectivity index (χ1) is 6.58. The standard InChI is InChI=1S/C7H3FN2O4/c8-3-1-4-6(14-7(11)9-4)2-5(3)10(12)13/h1-2H,(H,9,11). The van der Waals surface area contributed by atoms with E-state index in [4.69, 9.17) is 0 Å². The van der Waals surface area contributed by atoms with E-state index in [1.165, 1.54) is 0 Å². The van der Waals surface area contributed by atoms with Crippen molar-refractivity contribution in [3.8, 4) is 0 Å². The van der Waals surface area contributed by atoms with Gasteiger partial charge >= 0.3 is 11.4 Å².